The van der Waals surface area contributed by atoms with E-state index >= 15 is 0 Å². The number of carbonyl (C=O) groups is 5. The third kappa shape index (κ3) is 5.15. The van der Waals surface area contributed by atoms with Crippen LogP contribution in [0.2, 0.25) is 0 Å². The fourth-order valence-electron chi connectivity index (χ4n) is 6.41. The number of fused-ring (bicyclic) bond motifs is 1. The van der Waals surface area contributed by atoms with Crippen molar-refractivity contribution in [2.45, 2.75) is 105 Å². The molecular formula is C28H45N5O5. The molecule has 10 heteroatoms. The molecule has 0 aromatic heterocycles. The zero-order chi connectivity index (χ0) is 28.6. The Morgan fingerprint density at radius 3 is 2.16 bits per heavy atom. The van der Waals surface area contributed by atoms with Crippen LogP contribution in [0.15, 0.2) is 0 Å². The number of hydrogen-bond donors (Lipinski definition) is 4. The predicted octanol–water partition coefficient (Wildman–Crippen LogP) is 1.08. The monoisotopic (exact) mass is 531 g/mol. The second kappa shape index (κ2) is 8.95. The van der Waals surface area contributed by atoms with E-state index < -0.39 is 40.8 Å². The van der Waals surface area contributed by atoms with Crippen LogP contribution < -0.4 is 21.7 Å². The van der Waals surface area contributed by atoms with Gasteiger partial charge in [-0.1, -0.05) is 55.4 Å². The zero-order valence-corrected chi connectivity index (χ0v) is 24.1. The van der Waals surface area contributed by atoms with Gasteiger partial charge >= 0.3 is 0 Å². The summed E-state index contributed by atoms with van der Waals surface area (Å²) >= 11 is 0. The van der Waals surface area contributed by atoms with Gasteiger partial charge in [-0.25, -0.2) is 0 Å². The van der Waals surface area contributed by atoms with Gasteiger partial charge in [0.25, 0.3) is 0 Å². The molecule has 2 aliphatic carbocycles. The maximum atomic E-state index is 14.0. The van der Waals surface area contributed by atoms with Crippen LogP contribution in [0.25, 0.3) is 0 Å². The summed E-state index contributed by atoms with van der Waals surface area (Å²) in [5, 5.41) is 8.75. The van der Waals surface area contributed by atoms with Gasteiger partial charge in [-0.15, -0.1) is 0 Å². The van der Waals surface area contributed by atoms with Crippen LogP contribution in [0.1, 0.15) is 81.1 Å². The largest absolute Gasteiger partial charge is 0.368 e. The maximum absolute atomic E-state index is 14.0. The molecule has 38 heavy (non-hydrogen) atoms. The number of nitrogens with one attached hydrogen (secondary N) is 3. The number of piperidine rings is 1. The average molecular weight is 532 g/mol. The van der Waals surface area contributed by atoms with Crippen LogP contribution in [-0.2, 0) is 24.0 Å². The molecule has 0 aromatic carbocycles. The molecule has 5 amide bonds. The molecule has 5 N–H and O–H groups in total. The van der Waals surface area contributed by atoms with Gasteiger partial charge in [0.05, 0.1) is 0 Å². The number of carbonyl (C=O) groups excluding carboxylic acids is 5. The first-order valence-electron chi connectivity index (χ1n) is 13.8. The highest BCUT2D eigenvalue weighted by Gasteiger charge is 2.70. The normalized spacial score (nSPS) is 30.2. The number of amides is 5. The minimum absolute atomic E-state index is 0.0663. The Hall–Kier alpha value is -2.65. The van der Waals surface area contributed by atoms with Crippen molar-refractivity contribution < 1.29 is 24.0 Å². The van der Waals surface area contributed by atoms with E-state index in [1.807, 2.05) is 20.8 Å². The van der Waals surface area contributed by atoms with Crippen molar-refractivity contribution in [1.29, 1.82) is 0 Å². The second-order valence-corrected chi connectivity index (χ2v) is 14.8. The Labute approximate surface area is 225 Å². The number of rotatable bonds is 7. The quantitative estimate of drug-likeness (QED) is 0.388. The molecule has 2 heterocycles. The van der Waals surface area contributed by atoms with E-state index in [0.717, 1.165) is 12.8 Å². The van der Waals surface area contributed by atoms with Crippen molar-refractivity contribution in [2.75, 3.05) is 6.54 Å². The summed E-state index contributed by atoms with van der Waals surface area (Å²) in [7, 11) is 0. The van der Waals surface area contributed by atoms with E-state index in [2.05, 4.69) is 29.8 Å². The third-order valence-corrected chi connectivity index (χ3v) is 9.26. The van der Waals surface area contributed by atoms with Crippen LogP contribution in [0.4, 0.5) is 0 Å². The van der Waals surface area contributed by atoms with Crippen LogP contribution in [0, 0.1) is 34.0 Å². The Kier molecular flexibility index (Phi) is 6.68. The molecule has 0 aromatic rings. The minimum atomic E-state index is -1.01. The molecule has 2 saturated heterocycles. The first kappa shape index (κ1) is 28.4. The molecule has 4 fully saturated rings. The van der Waals surface area contributed by atoms with Gasteiger partial charge in [0.1, 0.15) is 18.1 Å². The van der Waals surface area contributed by atoms with Crippen LogP contribution in [-0.4, -0.2) is 64.6 Å². The molecule has 2 aliphatic heterocycles. The first-order valence-corrected chi connectivity index (χ1v) is 13.8. The highest BCUT2D eigenvalue weighted by Crippen LogP contribution is 2.65. The van der Waals surface area contributed by atoms with Gasteiger partial charge < -0.3 is 26.6 Å². The first-order chi connectivity index (χ1) is 17.3. The second-order valence-electron chi connectivity index (χ2n) is 14.8. The van der Waals surface area contributed by atoms with E-state index in [0.29, 0.717) is 13.0 Å². The molecule has 0 unspecified atom stereocenters. The summed E-state index contributed by atoms with van der Waals surface area (Å²) in [6, 6.07) is -2.62. The van der Waals surface area contributed by atoms with Gasteiger partial charge in [0.2, 0.25) is 29.5 Å². The fourth-order valence-corrected chi connectivity index (χ4v) is 6.41. The van der Waals surface area contributed by atoms with Gasteiger partial charge in [-0.3, -0.25) is 24.0 Å². The third-order valence-electron chi connectivity index (χ3n) is 9.26. The van der Waals surface area contributed by atoms with Crippen LogP contribution >= 0.6 is 0 Å². The van der Waals surface area contributed by atoms with Crippen molar-refractivity contribution in [1.82, 2.24) is 20.9 Å². The van der Waals surface area contributed by atoms with Gasteiger partial charge in [0.15, 0.2) is 0 Å². The Bertz CT molecular complexity index is 1050. The lowest BCUT2D eigenvalue weighted by Gasteiger charge is -2.38. The van der Waals surface area contributed by atoms with E-state index in [-0.39, 0.29) is 52.8 Å². The van der Waals surface area contributed by atoms with Crippen molar-refractivity contribution in [3.05, 3.63) is 0 Å². The number of primary amides is 1. The van der Waals surface area contributed by atoms with E-state index in [1.165, 1.54) is 0 Å². The minimum Gasteiger partial charge on any atom is -0.368 e. The lowest BCUT2D eigenvalue weighted by Crippen LogP contribution is -2.61. The fraction of sp³-hybridized carbons (Fsp3) is 0.821. The van der Waals surface area contributed by atoms with Crippen molar-refractivity contribution >= 4 is 29.5 Å². The molecule has 0 radical (unpaired) electrons. The molecule has 10 nitrogen and oxygen atoms in total. The molecule has 2 saturated carbocycles. The lowest BCUT2D eigenvalue weighted by molar-refractivity contribution is -0.147. The summed E-state index contributed by atoms with van der Waals surface area (Å²) in [5.41, 5.74) is 4.12. The highest BCUT2D eigenvalue weighted by atomic mass is 16.2. The number of likely N-dealkylation sites (tertiary alicyclic amines) is 1. The molecule has 0 bridgehead atoms. The maximum Gasteiger partial charge on any atom is 0.246 e. The highest BCUT2D eigenvalue weighted by molar-refractivity contribution is 5.96. The van der Waals surface area contributed by atoms with Gasteiger partial charge in [0, 0.05) is 23.4 Å². The summed E-state index contributed by atoms with van der Waals surface area (Å²) in [4.78, 5) is 67.0. The van der Waals surface area contributed by atoms with E-state index in [1.54, 1.807) is 25.7 Å². The van der Waals surface area contributed by atoms with Crippen molar-refractivity contribution in [3.63, 3.8) is 0 Å². The Balaban J connectivity index is 1.53. The Morgan fingerprint density at radius 1 is 1.08 bits per heavy atom. The lowest BCUT2D eigenvalue weighted by atomic mass is 9.84. The molecule has 6 atom stereocenters. The predicted molar refractivity (Wildman–Crippen MR) is 141 cm³/mol. The summed E-state index contributed by atoms with van der Waals surface area (Å²) < 4.78 is 0. The van der Waals surface area contributed by atoms with Crippen LogP contribution in [0.3, 0.4) is 0 Å². The van der Waals surface area contributed by atoms with E-state index in [4.69, 9.17) is 5.73 Å². The molecule has 4 aliphatic rings. The van der Waals surface area contributed by atoms with E-state index in [9.17, 15) is 24.0 Å². The SMILES string of the molecule is CC(C)(C)C(=O)N[C@H](C(=O)N1C[C@H]2[C@@H]([C@H]1C(=O)N[C@@H](C[C@@H]1CC3(CC3)NC1=O)C(N)=O)C2(C)C)C(C)(C)C. The molecule has 4 rings (SSSR count). The Morgan fingerprint density at radius 2 is 1.68 bits per heavy atom. The number of nitrogens with zero attached hydrogens (tertiary/aromatic N) is 1. The summed E-state index contributed by atoms with van der Waals surface area (Å²) in [5.74, 6) is -2.10. The average Bonchev–Trinajstić information content (AvgIpc) is 3.48. The summed E-state index contributed by atoms with van der Waals surface area (Å²) in [6.45, 7) is 15.6. The van der Waals surface area contributed by atoms with Gasteiger partial charge in [-0.05, 0) is 48.3 Å². The number of nitrogens with two attached hydrogens (primary N) is 1. The smallest absolute Gasteiger partial charge is 0.246 e. The van der Waals surface area contributed by atoms with Crippen molar-refractivity contribution in [3.8, 4) is 0 Å². The number of hydrogen-bond acceptors (Lipinski definition) is 5. The van der Waals surface area contributed by atoms with Crippen molar-refractivity contribution in [2.24, 2.45) is 39.7 Å². The molecule has 212 valence electrons. The zero-order valence-electron chi connectivity index (χ0n) is 24.1. The van der Waals surface area contributed by atoms with Gasteiger partial charge in [-0.2, -0.15) is 0 Å². The van der Waals surface area contributed by atoms with Crippen LogP contribution in [0.5, 0.6) is 0 Å². The summed E-state index contributed by atoms with van der Waals surface area (Å²) in [6.07, 6.45) is 2.64. The molecular weight excluding hydrogens is 486 g/mol. The topological polar surface area (TPSA) is 151 Å². The molecule has 1 spiro atoms. The standard InChI is InChI=1S/C28H45N5O5/c1-25(2,3)19(31-24(38)26(4,5)6)23(37)33-13-15-17(27(15,7)8)18(33)22(36)30-16(20(29)34)11-14-12-28(9-10-28)32-21(14)35/h14-19H,9-13H2,1-8H3,(H2,29,34)(H,30,36)(H,31,38)(H,32,35)/t14-,15+,16+,17+,18+,19-/m1/s1.